The summed E-state index contributed by atoms with van der Waals surface area (Å²) in [6.45, 7) is 3.86. The molecule has 0 aliphatic carbocycles. The smallest absolute Gasteiger partial charge is 0.326 e. The summed E-state index contributed by atoms with van der Waals surface area (Å²) in [6.07, 6.45) is 0.308. The number of imide groups is 1. The van der Waals surface area contributed by atoms with E-state index >= 15 is 0 Å². The molecule has 2 aliphatic heterocycles. The van der Waals surface area contributed by atoms with Crippen LogP contribution in [0.5, 0.6) is 5.75 Å². The minimum atomic E-state index is -1.20. The third-order valence-electron chi connectivity index (χ3n) is 5.44. The van der Waals surface area contributed by atoms with Gasteiger partial charge in [0.05, 0.1) is 6.61 Å². The number of nitrogens with one attached hydrogen (secondary N) is 1. The number of nitrogens with zero attached hydrogens (tertiary/aromatic N) is 1. The van der Waals surface area contributed by atoms with Crippen molar-refractivity contribution in [3.05, 3.63) is 64.7 Å². The van der Waals surface area contributed by atoms with E-state index in [9.17, 15) is 14.4 Å². The van der Waals surface area contributed by atoms with Crippen molar-refractivity contribution in [3.8, 4) is 5.75 Å². The maximum atomic E-state index is 13.1. The van der Waals surface area contributed by atoms with E-state index in [0.717, 1.165) is 21.6 Å². The summed E-state index contributed by atoms with van der Waals surface area (Å²) in [5.41, 5.74) is 2.38. The zero-order chi connectivity index (χ0) is 20.6. The van der Waals surface area contributed by atoms with E-state index in [1.165, 1.54) is 0 Å². The first-order valence-corrected chi connectivity index (χ1v) is 9.49. The molecule has 0 radical (unpaired) electrons. The summed E-state index contributed by atoms with van der Waals surface area (Å²) >= 11 is 0. The monoisotopic (exact) mass is 394 g/mol. The molecule has 1 atom stereocenters. The van der Waals surface area contributed by atoms with Crippen LogP contribution in [0.1, 0.15) is 28.7 Å². The Morgan fingerprint density at radius 2 is 2.00 bits per heavy atom. The summed E-state index contributed by atoms with van der Waals surface area (Å²) in [6, 6.07) is 12.4. The van der Waals surface area contributed by atoms with E-state index in [4.69, 9.17) is 9.47 Å². The van der Waals surface area contributed by atoms with Gasteiger partial charge in [0.1, 0.15) is 18.9 Å². The summed E-state index contributed by atoms with van der Waals surface area (Å²) in [4.78, 5) is 38.9. The van der Waals surface area contributed by atoms with Crippen LogP contribution in [-0.2, 0) is 26.5 Å². The van der Waals surface area contributed by atoms with Gasteiger partial charge in [0.15, 0.2) is 5.54 Å². The van der Waals surface area contributed by atoms with Crippen LogP contribution < -0.4 is 10.1 Å². The molecule has 29 heavy (non-hydrogen) atoms. The summed E-state index contributed by atoms with van der Waals surface area (Å²) in [5.74, 6) is -0.527. The highest BCUT2D eigenvalue weighted by Gasteiger charge is 2.55. The normalized spacial score (nSPS) is 20.3. The molecular formula is C22H22N2O5. The number of amides is 3. The van der Waals surface area contributed by atoms with Crippen molar-refractivity contribution < 1.29 is 23.9 Å². The number of aryl methyl sites for hydroxylation is 2. The number of hydrogen-bond donors (Lipinski definition) is 1. The van der Waals surface area contributed by atoms with Crippen molar-refractivity contribution in [2.75, 3.05) is 13.2 Å². The molecule has 1 fully saturated rings. The molecule has 2 heterocycles. The fraction of sp³-hybridized carbons (Fsp3) is 0.318. The zero-order valence-corrected chi connectivity index (χ0v) is 16.4. The number of urea groups is 1. The van der Waals surface area contributed by atoms with Crippen molar-refractivity contribution in [2.45, 2.75) is 32.4 Å². The third-order valence-corrected chi connectivity index (χ3v) is 5.44. The molecule has 150 valence electrons. The van der Waals surface area contributed by atoms with Gasteiger partial charge in [0.25, 0.3) is 5.91 Å². The summed E-state index contributed by atoms with van der Waals surface area (Å²) < 4.78 is 10.9. The van der Waals surface area contributed by atoms with E-state index in [2.05, 4.69) is 5.32 Å². The van der Waals surface area contributed by atoms with Gasteiger partial charge in [-0.3, -0.25) is 14.5 Å². The molecule has 0 aromatic heterocycles. The molecule has 0 unspecified atom stereocenters. The average Bonchev–Trinajstić information content (AvgIpc) is 2.94. The number of para-hydroxylation sites is 1. The Bertz CT molecular complexity index is 1000. The zero-order valence-electron chi connectivity index (χ0n) is 16.4. The van der Waals surface area contributed by atoms with Gasteiger partial charge in [-0.1, -0.05) is 42.0 Å². The summed E-state index contributed by atoms with van der Waals surface area (Å²) in [5, 5.41) is 2.77. The van der Waals surface area contributed by atoms with Crippen molar-refractivity contribution >= 4 is 17.9 Å². The first-order chi connectivity index (χ1) is 13.9. The fourth-order valence-corrected chi connectivity index (χ4v) is 3.80. The predicted octanol–water partition coefficient (Wildman–Crippen LogP) is 2.58. The Morgan fingerprint density at radius 3 is 2.83 bits per heavy atom. The highest BCUT2D eigenvalue weighted by Crippen LogP contribution is 2.40. The standard InChI is InChI=1S/C22H22N2O5/c1-14-7-8-15(2)16(11-14)13-29-19(25)12-24-20(26)22(23-21(24)27)9-10-28-18-6-4-3-5-17(18)22/h3-8,11H,9-10,12-13H2,1-2H3,(H,23,27)/t22-/m0/s1. The second-order valence-corrected chi connectivity index (χ2v) is 7.41. The van der Waals surface area contributed by atoms with E-state index in [-0.39, 0.29) is 6.61 Å². The molecule has 2 aliphatic rings. The molecule has 1 N–H and O–H groups in total. The number of ether oxygens (including phenoxy) is 2. The van der Waals surface area contributed by atoms with Crippen LogP contribution in [0.25, 0.3) is 0 Å². The number of benzene rings is 2. The first-order valence-electron chi connectivity index (χ1n) is 9.49. The number of esters is 1. The van der Waals surface area contributed by atoms with Crippen LogP contribution in [0.15, 0.2) is 42.5 Å². The first kappa shape index (κ1) is 19.0. The minimum absolute atomic E-state index is 0.0951. The molecule has 1 saturated heterocycles. The Hall–Kier alpha value is -3.35. The van der Waals surface area contributed by atoms with Crippen LogP contribution in [0.2, 0.25) is 0 Å². The molecule has 4 rings (SSSR count). The van der Waals surface area contributed by atoms with Gasteiger partial charge in [-0.25, -0.2) is 4.79 Å². The van der Waals surface area contributed by atoms with Gasteiger partial charge in [-0.05, 0) is 31.0 Å². The number of rotatable bonds is 4. The quantitative estimate of drug-likeness (QED) is 0.636. The third kappa shape index (κ3) is 3.33. The Balaban J connectivity index is 1.48. The average molecular weight is 394 g/mol. The van der Waals surface area contributed by atoms with Gasteiger partial charge in [-0.2, -0.15) is 0 Å². The second kappa shape index (κ2) is 7.24. The Kier molecular flexibility index (Phi) is 4.74. The van der Waals surface area contributed by atoms with Gasteiger partial charge >= 0.3 is 12.0 Å². The minimum Gasteiger partial charge on any atom is -0.493 e. The molecule has 7 nitrogen and oxygen atoms in total. The van der Waals surface area contributed by atoms with Crippen molar-refractivity contribution in [1.82, 2.24) is 10.2 Å². The van der Waals surface area contributed by atoms with Crippen molar-refractivity contribution in [1.29, 1.82) is 0 Å². The molecule has 0 bridgehead atoms. The van der Waals surface area contributed by atoms with Crippen molar-refractivity contribution in [2.24, 2.45) is 0 Å². The SMILES string of the molecule is Cc1ccc(C)c(COC(=O)CN2C(=O)N[C@]3(CCOc4ccccc43)C2=O)c1. The molecule has 7 heteroatoms. The number of hydrogen-bond acceptors (Lipinski definition) is 5. The molecular weight excluding hydrogens is 372 g/mol. The molecule has 2 aromatic carbocycles. The predicted molar refractivity (Wildman–Crippen MR) is 104 cm³/mol. The molecule has 1 spiro atoms. The van der Waals surface area contributed by atoms with Crippen LogP contribution in [0, 0.1) is 13.8 Å². The molecule has 3 amide bonds. The van der Waals surface area contributed by atoms with Gasteiger partial charge < -0.3 is 14.8 Å². The van der Waals surface area contributed by atoms with E-state index < -0.39 is 30.0 Å². The Labute approximate surface area is 168 Å². The fourth-order valence-electron chi connectivity index (χ4n) is 3.80. The van der Waals surface area contributed by atoms with E-state index in [0.29, 0.717) is 24.3 Å². The van der Waals surface area contributed by atoms with E-state index in [1.54, 1.807) is 18.2 Å². The van der Waals surface area contributed by atoms with Crippen LogP contribution in [-0.4, -0.2) is 36.0 Å². The lowest BCUT2D eigenvalue weighted by Gasteiger charge is -2.33. The highest BCUT2D eigenvalue weighted by atomic mass is 16.5. The van der Waals surface area contributed by atoms with Crippen LogP contribution in [0.4, 0.5) is 4.79 Å². The van der Waals surface area contributed by atoms with E-state index in [1.807, 2.05) is 38.1 Å². The van der Waals surface area contributed by atoms with Gasteiger partial charge in [0.2, 0.25) is 0 Å². The van der Waals surface area contributed by atoms with Gasteiger partial charge in [-0.15, -0.1) is 0 Å². The lowest BCUT2D eigenvalue weighted by Crippen LogP contribution is -2.47. The largest absolute Gasteiger partial charge is 0.493 e. The topological polar surface area (TPSA) is 84.9 Å². The summed E-state index contributed by atoms with van der Waals surface area (Å²) in [7, 11) is 0. The molecule has 2 aromatic rings. The van der Waals surface area contributed by atoms with Crippen LogP contribution >= 0.6 is 0 Å². The Morgan fingerprint density at radius 1 is 1.21 bits per heavy atom. The van der Waals surface area contributed by atoms with Crippen LogP contribution in [0.3, 0.4) is 0 Å². The lowest BCUT2D eigenvalue weighted by molar-refractivity contribution is -0.149. The second-order valence-electron chi connectivity index (χ2n) is 7.41. The number of carbonyl (C=O) groups excluding carboxylic acids is 3. The highest BCUT2D eigenvalue weighted by molar-refractivity contribution is 6.09. The lowest BCUT2D eigenvalue weighted by atomic mass is 9.84. The maximum absolute atomic E-state index is 13.1. The molecule has 0 saturated carbocycles. The van der Waals surface area contributed by atoms with Crippen molar-refractivity contribution in [3.63, 3.8) is 0 Å². The number of carbonyl (C=O) groups is 3. The van der Waals surface area contributed by atoms with Gasteiger partial charge in [0, 0.05) is 12.0 Å². The maximum Gasteiger partial charge on any atom is 0.326 e. The number of fused-ring (bicyclic) bond motifs is 2.